The van der Waals surface area contributed by atoms with Crippen LogP contribution in [0.3, 0.4) is 0 Å². The number of aromatic nitrogens is 1. The van der Waals surface area contributed by atoms with Crippen molar-refractivity contribution >= 4 is 15.7 Å². The second-order valence-electron chi connectivity index (χ2n) is 4.23. The lowest BCUT2D eigenvalue weighted by atomic mass is 10.2. The number of halogens is 2. The van der Waals surface area contributed by atoms with Crippen molar-refractivity contribution in [2.45, 2.75) is 11.8 Å². The third-order valence-corrected chi connectivity index (χ3v) is 4.05. The van der Waals surface area contributed by atoms with Crippen LogP contribution in [0.5, 0.6) is 5.75 Å². The van der Waals surface area contributed by atoms with Crippen LogP contribution in [0.25, 0.3) is 0 Å². The van der Waals surface area contributed by atoms with Crippen LogP contribution in [0.15, 0.2) is 35.2 Å². The fraction of sp³-hybridized carbons (Fsp3) is 0.154. The largest absolute Gasteiger partial charge is 0.495 e. The predicted molar refractivity (Wildman–Crippen MR) is 72.7 cm³/mol. The minimum atomic E-state index is -4.09. The number of hydrogen-bond donors (Lipinski definition) is 1. The number of aryl methyl sites for hydroxylation is 1. The van der Waals surface area contributed by atoms with Gasteiger partial charge in [0.25, 0.3) is 10.0 Å². The fourth-order valence-electron chi connectivity index (χ4n) is 1.68. The van der Waals surface area contributed by atoms with Crippen molar-refractivity contribution in [2.75, 3.05) is 11.8 Å². The molecule has 8 heteroatoms. The van der Waals surface area contributed by atoms with Crippen molar-refractivity contribution in [3.05, 3.63) is 47.8 Å². The van der Waals surface area contributed by atoms with Gasteiger partial charge < -0.3 is 4.74 Å². The van der Waals surface area contributed by atoms with Crippen molar-refractivity contribution in [3.63, 3.8) is 0 Å². The van der Waals surface area contributed by atoms with E-state index in [1.54, 1.807) is 13.0 Å². The Kier molecular flexibility index (Phi) is 4.08. The van der Waals surface area contributed by atoms with E-state index in [0.29, 0.717) is 5.56 Å². The normalized spacial score (nSPS) is 11.2. The summed E-state index contributed by atoms with van der Waals surface area (Å²) in [6.45, 7) is 1.71. The Morgan fingerprint density at radius 2 is 1.90 bits per heavy atom. The minimum Gasteiger partial charge on any atom is -0.495 e. The maximum absolute atomic E-state index is 13.4. The molecule has 0 amide bonds. The van der Waals surface area contributed by atoms with Gasteiger partial charge in [-0.2, -0.15) is 13.8 Å². The van der Waals surface area contributed by atoms with Crippen LogP contribution < -0.4 is 9.46 Å². The van der Waals surface area contributed by atoms with Gasteiger partial charge in [0.05, 0.1) is 7.11 Å². The van der Waals surface area contributed by atoms with Gasteiger partial charge in [0, 0.05) is 0 Å². The number of pyridine rings is 1. The molecule has 1 heterocycles. The SMILES string of the molecule is COc1ccc(C)cc1S(=O)(=O)Nc1ccc(F)nc1F. The topological polar surface area (TPSA) is 68.3 Å². The van der Waals surface area contributed by atoms with Gasteiger partial charge in [-0.15, -0.1) is 0 Å². The Bertz CT molecular complexity index is 779. The predicted octanol–water partition coefficient (Wildman–Crippen LogP) is 2.48. The Morgan fingerprint density at radius 1 is 1.19 bits per heavy atom. The third-order valence-electron chi connectivity index (χ3n) is 2.67. The van der Waals surface area contributed by atoms with E-state index >= 15 is 0 Å². The summed E-state index contributed by atoms with van der Waals surface area (Å²) in [5.74, 6) is -2.17. The number of nitrogens with zero attached hydrogens (tertiary/aromatic N) is 1. The number of anilines is 1. The highest BCUT2D eigenvalue weighted by Crippen LogP contribution is 2.27. The highest BCUT2D eigenvalue weighted by molar-refractivity contribution is 7.92. The van der Waals surface area contributed by atoms with E-state index in [2.05, 4.69) is 4.98 Å². The molecule has 0 spiro atoms. The van der Waals surface area contributed by atoms with Gasteiger partial charge >= 0.3 is 0 Å². The van der Waals surface area contributed by atoms with E-state index in [1.165, 1.54) is 19.2 Å². The van der Waals surface area contributed by atoms with Gasteiger partial charge in [0.1, 0.15) is 16.3 Å². The third kappa shape index (κ3) is 3.27. The zero-order chi connectivity index (χ0) is 15.6. The standard InChI is InChI=1S/C13H12F2N2O3S/c1-8-3-5-10(20-2)11(7-8)21(18,19)17-9-4-6-12(14)16-13(9)15/h3-7,17H,1-2H3. The fourth-order valence-corrected chi connectivity index (χ4v) is 2.99. The van der Waals surface area contributed by atoms with Gasteiger partial charge in [0.2, 0.25) is 11.9 Å². The highest BCUT2D eigenvalue weighted by atomic mass is 32.2. The molecule has 21 heavy (non-hydrogen) atoms. The van der Waals surface area contributed by atoms with Gasteiger partial charge in [-0.25, -0.2) is 8.42 Å². The number of sulfonamides is 1. The number of rotatable bonds is 4. The number of nitrogens with one attached hydrogen (secondary N) is 1. The van der Waals surface area contributed by atoms with Crippen molar-refractivity contribution in [1.82, 2.24) is 4.98 Å². The van der Waals surface area contributed by atoms with Crippen molar-refractivity contribution in [3.8, 4) is 5.75 Å². The van der Waals surface area contributed by atoms with E-state index in [9.17, 15) is 17.2 Å². The molecule has 0 radical (unpaired) electrons. The molecule has 0 aliphatic heterocycles. The molecule has 2 aromatic rings. The van der Waals surface area contributed by atoms with Crippen molar-refractivity contribution in [2.24, 2.45) is 0 Å². The molecule has 0 unspecified atom stereocenters. The van der Waals surface area contributed by atoms with Gasteiger partial charge in [-0.3, -0.25) is 4.72 Å². The van der Waals surface area contributed by atoms with E-state index in [0.717, 1.165) is 12.1 Å². The van der Waals surface area contributed by atoms with Crippen LogP contribution >= 0.6 is 0 Å². The smallest absolute Gasteiger partial charge is 0.265 e. The van der Waals surface area contributed by atoms with Crippen LogP contribution in [0.1, 0.15) is 5.56 Å². The van der Waals surface area contributed by atoms with Crippen LogP contribution in [-0.4, -0.2) is 20.5 Å². The zero-order valence-corrected chi connectivity index (χ0v) is 12.0. The van der Waals surface area contributed by atoms with Crippen LogP contribution in [0, 0.1) is 18.8 Å². The summed E-state index contributed by atoms with van der Waals surface area (Å²) < 4.78 is 57.8. The molecule has 1 aromatic heterocycles. The molecular weight excluding hydrogens is 302 g/mol. The summed E-state index contributed by atoms with van der Waals surface area (Å²) in [5, 5.41) is 0. The molecule has 112 valence electrons. The Hall–Kier alpha value is -2.22. The number of methoxy groups -OCH3 is 1. The van der Waals surface area contributed by atoms with Crippen molar-refractivity contribution < 1.29 is 21.9 Å². The summed E-state index contributed by atoms with van der Waals surface area (Å²) >= 11 is 0. The summed E-state index contributed by atoms with van der Waals surface area (Å²) in [4.78, 5) is 2.78. The molecule has 2 rings (SSSR count). The molecule has 1 N–H and O–H groups in total. The molecular formula is C13H12F2N2O3S. The summed E-state index contributed by atoms with van der Waals surface area (Å²) in [6.07, 6.45) is 0. The molecule has 0 atom stereocenters. The Labute approximate surface area is 120 Å². The lowest BCUT2D eigenvalue weighted by molar-refractivity contribution is 0.402. The minimum absolute atomic E-state index is 0.114. The monoisotopic (exact) mass is 314 g/mol. The highest BCUT2D eigenvalue weighted by Gasteiger charge is 2.21. The quantitative estimate of drug-likeness (QED) is 0.880. The second-order valence-corrected chi connectivity index (χ2v) is 5.88. The molecule has 5 nitrogen and oxygen atoms in total. The van der Waals surface area contributed by atoms with E-state index in [1.807, 2.05) is 4.72 Å². The first-order valence-corrected chi connectivity index (χ1v) is 7.31. The first-order chi connectivity index (χ1) is 9.83. The molecule has 0 bridgehead atoms. The molecule has 0 fully saturated rings. The van der Waals surface area contributed by atoms with Crippen LogP contribution in [-0.2, 0) is 10.0 Å². The summed E-state index contributed by atoms with van der Waals surface area (Å²) in [7, 11) is -2.77. The maximum atomic E-state index is 13.4. The van der Waals surface area contributed by atoms with E-state index < -0.39 is 27.6 Å². The number of hydrogen-bond acceptors (Lipinski definition) is 4. The van der Waals surface area contributed by atoms with E-state index in [4.69, 9.17) is 4.74 Å². The lowest BCUT2D eigenvalue weighted by Crippen LogP contribution is -2.15. The van der Waals surface area contributed by atoms with E-state index in [-0.39, 0.29) is 10.6 Å². The average Bonchev–Trinajstić information content (AvgIpc) is 2.42. The molecule has 0 aliphatic carbocycles. The van der Waals surface area contributed by atoms with Crippen LogP contribution in [0.2, 0.25) is 0 Å². The summed E-state index contributed by atoms with van der Waals surface area (Å²) in [5.41, 5.74) is 0.244. The van der Waals surface area contributed by atoms with Gasteiger partial charge in [-0.1, -0.05) is 6.07 Å². The van der Waals surface area contributed by atoms with Crippen molar-refractivity contribution in [1.29, 1.82) is 0 Å². The van der Waals surface area contributed by atoms with Gasteiger partial charge in [0.15, 0.2) is 0 Å². The average molecular weight is 314 g/mol. The Morgan fingerprint density at radius 3 is 2.52 bits per heavy atom. The maximum Gasteiger partial charge on any atom is 0.265 e. The first kappa shape index (κ1) is 15.2. The first-order valence-electron chi connectivity index (χ1n) is 5.83. The number of benzene rings is 1. The lowest BCUT2D eigenvalue weighted by Gasteiger charge is -2.12. The molecule has 0 aliphatic rings. The zero-order valence-electron chi connectivity index (χ0n) is 11.2. The molecule has 0 saturated heterocycles. The molecule has 0 saturated carbocycles. The second kappa shape index (κ2) is 5.65. The number of ether oxygens (including phenoxy) is 1. The van der Waals surface area contributed by atoms with Crippen LogP contribution in [0.4, 0.5) is 14.5 Å². The summed E-state index contributed by atoms with van der Waals surface area (Å²) in [6, 6.07) is 6.36. The Balaban J connectivity index is 2.45. The van der Waals surface area contributed by atoms with Gasteiger partial charge in [-0.05, 0) is 36.8 Å². The molecule has 1 aromatic carbocycles.